The van der Waals surface area contributed by atoms with Gasteiger partial charge in [0.1, 0.15) is 11.5 Å². The summed E-state index contributed by atoms with van der Waals surface area (Å²) in [5.41, 5.74) is 0.835. The highest BCUT2D eigenvalue weighted by atomic mass is 16.5. The van der Waals surface area contributed by atoms with Crippen LogP contribution in [0.25, 0.3) is 0 Å². The first-order valence-corrected chi connectivity index (χ1v) is 5.09. The summed E-state index contributed by atoms with van der Waals surface area (Å²) in [6.07, 6.45) is 1.62. The maximum absolute atomic E-state index is 5.18. The molecule has 0 atom stereocenters. The molecule has 1 heterocycles. The van der Waals surface area contributed by atoms with Gasteiger partial charge in [0.05, 0.1) is 14.2 Å². The molecule has 0 saturated heterocycles. The van der Waals surface area contributed by atoms with Gasteiger partial charge >= 0.3 is 0 Å². The standard InChI is InChI=1S/C12H13N3O2/c1-16-10-6-9(7-11(8-10)17-2)14-12-4-3-5-13-15-12/h3-8H,1-2H3,(H,14,15). The van der Waals surface area contributed by atoms with Crippen LogP contribution in [0.1, 0.15) is 0 Å². The Hall–Kier alpha value is -2.30. The molecule has 1 aromatic carbocycles. The van der Waals surface area contributed by atoms with Crippen molar-refractivity contribution in [3.05, 3.63) is 36.5 Å². The first kappa shape index (κ1) is 11.2. The molecule has 0 spiro atoms. The van der Waals surface area contributed by atoms with Crippen LogP contribution in [0.15, 0.2) is 36.5 Å². The fourth-order valence-electron chi connectivity index (χ4n) is 1.40. The lowest BCUT2D eigenvalue weighted by molar-refractivity contribution is 0.395. The van der Waals surface area contributed by atoms with Gasteiger partial charge in [0.2, 0.25) is 0 Å². The Balaban J connectivity index is 2.26. The van der Waals surface area contributed by atoms with Gasteiger partial charge < -0.3 is 14.8 Å². The minimum atomic E-state index is 0.669. The number of aromatic nitrogens is 2. The number of benzene rings is 1. The van der Waals surface area contributed by atoms with E-state index in [-0.39, 0.29) is 0 Å². The summed E-state index contributed by atoms with van der Waals surface area (Å²) in [6.45, 7) is 0. The monoisotopic (exact) mass is 231 g/mol. The third-order valence-electron chi connectivity index (χ3n) is 2.20. The summed E-state index contributed by atoms with van der Waals surface area (Å²) in [5, 5.41) is 10.9. The molecule has 0 fully saturated rings. The van der Waals surface area contributed by atoms with E-state index in [1.165, 1.54) is 0 Å². The minimum absolute atomic E-state index is 0.669. The second-order valence-electron chi connectivity index (χ2n) is 3.34. The fraction of sp³-hybridized carbons (Fsp3) is 0.167. The first-order valence-electron chi connectivity index (χ1n) is 5.09. The second-order valence-corrected chi connectivity index (χ2v) is 3.34. The van der Waals surface area contributed by atoms with E-state index in [9.17, 15) is 0 Å². The van der Waals surface area contributed by atoms with Crippen molar-refractivity contribution in [2.75, 3.05) is 19.5 Å². The molecule has 0 unspecified atom stereocenters. The lowest BCUT2D eigenvalue weighted by Gasteiger charge is -2.09. The van der Waals surface area contributed by atoms with E-state index in [2.05, 4.69) is 15.5 Å². The predicted octanol–water partition coefficient (Wildman–Crippen LogP) is 2.24. The summed E-state index contributed by atoms with van der Waals surface area (Å²) >= 11 is 0. The van der Waals surface area contributed by atoms with Crippen LogP contribution >= 0.6 is 0 Å². The normalized spacial score (nSPS) is 9.76. The average Bonchev–Trinajstić information content (AvgIpc) is 2.39. The molecule has 1 aromatic heterocycles. The molecule has 0 amide bonds. The molecule has 0 aliphatic heterocycles. The van der Waals surface area contributed by atoms with E-state index in [1.54, 1.807) is 20.4 Å². The van der Waals surface area contributed by atoms with Crippen molar-refractivity contribution in [1.82, 2.24) is 10.2 Å². The van der Waals surface area contributed by atoms with Gasteiger partial charge in [0.15, 0.2) is 5.82 Å². The van der Waals surface area contributed by atoms with E-state index in [4.69, 9.17) is 9.47 Å². The highest BCUT2D eigenvalue weighted by Crippen LogP contribution is 2.27. The van der Waals surface area contributed by atoms with Crippen molar-refractivity contribution < 1.29 is 9.47 Å². The molecule has 17 heavy (non-hydrogen) atoms. The molecule has 88 valence electrons. The van der Waals surface area contributed by atoms with Crippen molar-refractivity contribution in [3.63, 3.8) is 0 Å². The van der Waals surface area contributed by atoms with E-state index >= 15 is 0 Å². The van der Waals surface area contributed by atoms with Gasteiger partial charge in [-0.05, 0) is 12.1 Å². The van der Waals surface area contributed by atoms with E-state index in [0.717, 1.165) is 17.2 Å². The van der Waals surface area contributed by atoms with E-state index in [1.807, 2.05) is 30.3 Å². The Morgan fingerprint density at radius 2 is 1.76 bits per heavy atom. The second kappa shape index (κ2) is 5.16. The molecule has 0 bridgehead atoms. The van der Waals surface area contributed by atoms with Gasteiger partial charge in [0.25, 0.3) is 0 Å². The Labute approximate surface area is 99.4 Å². The van der Waals surface area contributed by atoms with Gasteiger partial charge in [-0.2, -0.15) is 5.10 Å². The summed E-state index contributed by atoms with van der Waals surface area (Å²) in [5.74, 6) is 2.11. The van der Waals surface area contributed by atoms with Gasteiger partial charge in [-0.25, -0.2) is 0 Å². The van der Waals surface area contributed by atoms with Crippen molar-refractivity contribution >= 4 is 11.5 Å². The summed E-state index contributed by atoms with van der Waals surface area (Å²) in [4.78, 5) is 0. The smallest absolute Gasteiger partial charge is 0.153 e. The maximum atomic E-state index is 5.18. The molecule has 0 saturated carbocycles. The first-order chi connectivity index (χ1) is 8.31. The Kier molecular flexibility index (Phi) is 3.40. The van der Waals surface area contributed by atoms with Crippen molar-refractivity contribution in [2.45, 2.75) is 0 Å². The molecule has 0 aliphatic rings. The number of anilines is 2. The zero-order valence-corrected chi connectivity index (χ0v) is 9.68. The molecule has 2 rings (SSSR count). The van der Waals surface area contributed by atoms with E-state index < -0.39 is 0 Å². The van der Waals surface area contributed by atoms with Crippen LogP contribution in [-0.2, 0) is 0 Å². The lowest BCUT2D eigenvalue weighted by Crippen LogP contribution is -1.96. The van der Waals surface area contributed by atoms with Gasteiger partial charge in [-0.15, -0.1) is 5.10 Å². The van der Waals surface area contributed by atoms with Gasteiger partial charge in [-0.1, -0.05) is 0 Å². The van der Waals surface area contributed by atoms with Crippen LogP contribution in [-0.4, -0.2) is 24.4 Å². The maximum Gasteiger partial charge on any atom is 0.153 e. The zero-order valence-electron chi connectivity index (χ0n) is 9.68. The number of methoxy groups -OCH3 is 2. The molecule has 2 aromatic rings. The number of nitrogens with one attached hydrogen (secondary N) is 1. The molecular weight excluding hydrogens is 218 g/mol. The van der Waals surface area contributed by atoms with Gasteiger partial charge in [0, 0.05) is 30.1 Å². The quantitative estimate of drug-likeness (QED) is 0.874. The Bertz CT molecular complexity index is 466. The molecule has 0 radical (unpaired) electrons. The largest absolute Gasteiger partial charge is 0.497 e. The fourth-order valence-corrected chi connectivity index (χ4v) is 1.40. The van der Waals surface area contributed by atoms with Crippen LogP contribution < -0.4 is 14.8 Å². The van der Waals surface area contributed by atoms with Crippen LogP contribution in [0.4, 0.5) is 11.5 Å². The van der Waals surface area contributed by atoms with Crippen LogP contribution in [0, 0.1) is 0 Å². The molecule has 5 heteroatoms. The number of ether oxygens (including phenoxy) is 2. The summed E-state index contributed by atoms with van der Waals surface area (Å²) < 4.78 is 10.4. The van der Waals surface area contributed by atoms with Gasteiger partial charge in [-0.3, -0.25) is 0 Å². The number of nitrogens with zero attached hydrogens (tertiary/aromatic N) is 2. The molecule has 1 N–H and O–H groups in total. The SMILES string of the molecule is COc1cc(Nc2cccnn2)cc(OC)c1. The Morgan fingerprint density at radius 1 is 1.06 bits per heavy atom. The number of hydrogen-bond donors (Lipinski definition) is 1. The molecular formula is C12H13N3O2. The topological polar surface area (TPSA) is 56.3 Å². The third kappa shape index (κ3) is 2.84. The summed E-state index contributed by atoms with van der Waals surface area (Å²) in [7, 11) is 3.22. The predicted molar refractivity (Wildman–Crippen MR) is 64.9 cm³/mol. The van der Waals surface area contributed by atoms with Crippen LogP contribution in [0.2, 0.25) is 0 Å². The lowest BCUT2D eigenvalue weighted by atomic mass is 10.2. The number of rotatable bonds is 4. The van der Waals surface area contributed by atoms with Crippen molar-refractivity contribution in [1.29, 1.82) is 0 Å². The highest BCUT2D eigenvalue weighted by Gasteiger charge is 2.02. The molecule has 0 aliphatic carbocycles. The van der Waals surface area contributed by atoms with Crippen LogP contribution in [0.3, 0.4) is 0 Å². The van der Waals surface area contributed by atoms with Crippen LogP contribution in [0.5, 0.6) is 11.5 Å². The Morgan fingerprint density at radius 3 is 2.29 bits per heavy atom. The zero-order chi connectivity index (χ0) is 12.1. The average molecular weight is 231 g/mol. The summed E-state index contributed by atoms with van der Waals surface area (Å²) in [6, 6.07) is 9.17. The third-order valence-corrected chi connectivity index (χ3v) is 2.20. The van der Waals surface area contributed by atoms with Crippen molar-refractivity contribution in [2.24, 2.45) is 0 Å². The van der Waals surface area contributed by atoms with Crippen molar-refractivity contribution in [3.8, 4) is 11.5 Å². The minimum Gasteiger partial charge on any atom is -0.497 e. The highest BCUT2D eigenvalue weighted by molar-refractivity contribution is 5.60. The molecule has 5 nitrogen and oxygen atoms in total. The number of hydrogen-bond acceptors (Lipinski definition) is 5. The van der Waals surface area contributed by atoms with E-state index in [0.29, 0.717) is 5.82 Å².